The fourth-order valence-electron chi connectivity index (χ4n) is 1.71. The zero-order valence-corrected chi connectivity index (χ0v) is 11.4. The zero-order chi connectivity index (χ0) is 13.7. The molecule has 2 aromatic rings. The summed E-state index contributed by atoms with van der Waals surface area (Å²) in [7, 11) is 0. The minimum absolute atomic E-state index is 0.0735. The zero-order valence-electron chi connectivity index (χ0n) is 10.6. The van der Waals surface area contributed by atoms with E-state index in [1.807, 2.05) is 31.2 Å². The van der Waals surface area contributed by atoms with Crippen molar-refractivity contribution in [3.05, 3.63) is 58.9 Å². The number of anilines is 1. The molecule has 0 aliphatic rings. The molecule has 0 bridgehead atoms. The van der Waals surface area contributed by atoms with Gasteiger partial charge in [-0.05, 0) is 30.7 Å². The number of halogens is 2. The van der Waals surface area contributed by atoms with Crippen LogP contribution >= 0.6 is 11.6 Å². The van der Waals surface area contributed by atoms with Crippen molar-refractivity contribution in [3.8, 4) is 5.75 Å². The number of hydrogen-bond acceptors (Lipinski definition) is 2. The maximum absolute atomic E-state index is 13.5. The molecule has 100 valence electrons. The lowest BCUT2D eigenvalue weighted by Crippen LogP contribution is -2.12. The van der Waals surface area contributed by atoms with E-state index >= 15 is 0 Å². The fourth-order valence-corrected chi connectivity index (χ4v) is 1.88. The molecule has 0 spiro atoms. The van der Waals surface area contributed by atoms with E-state index in [-0.39, 0.29) is 10.8 Å². The van der Waals surface area contributed by atoms with Gasteiger partial charge in [0.15, 0.2) is 11.6 Å². The average molecular weight is 280 g/mol. The van der Waals surface area contributed by atoms with Crippen LogP contribution in [0, 0.1) is 12.7 Å². The van der Waals surface area contributed by atoms with Gasteiger partial charge in [0.25, 0.3) is 0 Å². The van der Waals surface area contributed by atoms with Crippen molar-refractivity contribution in [3.63, 3.8) is 0 Å². The molecule has 0 aromatic heterocycles. The SMILES string of the molecule is Cc1ccccc1NCCOc1cccc(Cl)c1F. The van der Waals surface area contributed by atoms with E-state index in [1.165, 1.54) is 6.07 Å². The van der Waals surface area contributed by atoms with Crippen LogP contribution < -0.4 is 10.1 Å². The lowest BCUT2D eigenvalue weighted by Gasteiger charge is -2.11. The van der Waals surface area contributed by atoms with Crippen molar-refractivity contribution in [2.24, 2.45) is 0 Å². The van der Waals surface area contributed by atoms with Crippen LogP contribution in [0.3, 0.4) is 0 Å². The lowest BCUT2D eigenvalue weighted by atomic mass is 10.2. The van der Waals surface area contributed by atoms with E-state index in [1.54, 1.807) is 12.1 Å². The van der Waals surface area contributed by atoms with Gasteiger partial charge in [-0.3, -0.25) is 0 Å². The molecule has 0 radical (unpaired) electrons. The lowest BCUT2D eigenvalue weighted by molar-refractivity contribution is 0.315. The molecule has 2 aromatic carbocycles. The second-order valence-corrected chi connectivity index (χ2v) is 4.55. The smallest absolute Gasteiger partial charge is 0.183 e. The average Bonchev–Trinajstić information content (AvgIpc) is 2.41. The fraction of sp³-hybridized carbons (Fsp3) is 0.200. The molecule has 0 fully saturated rings. The second-order valence-electron chi connectivity index (χ2n) is 4.14. The quantitative estimate of drug-likeness (QED) is 0.825. The minimum atomic E-state index is -0.514. The van der Waals surface area contributed by atoms with E-state index in [2.05, 4.69) is 5.32 Å². The van der Waals surface area contributed by atoms with Gasteiger partial charge in [-0.2, -0.15) is 0 Å². The van der Waals surface area contributed by atoms with E-state index < -0.39 is 5.82 Å². The molecular weight excluding hydrogens is 265 g/mol. The highest BCUT2D eigenvalue weighted by atomic mass is 35.5. The van der Waals surface area contributed by atoms with Crippen molar-refractivity contribution >= 4 is 17.3 Å². The maximum atomic E-state index is 13.5. The highest BCUT2D eigenvalue weighted by Gasteiger charge is 2.06. The standard InChI is InChI=1S/C15H15ClFNO/c1-11-5-2-3-7-13(11)18-9-10-19-14-8-4-6-12(16)15(14)17/h2-8,18H,9-10H2,1H3. The van der Waals surface area contributed by atoms with Crippen molar-refractivity contribution in [1.29, 1.82) is 0 Å². The van der Waals surface area contributed by atoms with Gasteiger partial charge in [0.05, 0.1) is 5.02 Å². The predicted octanol–water partition coefficient (Wildman–Crippen LogP) is 4.28. The number of ether oxygens (including phenoxy) is 1. The Labute approximate surface area is 117 Å². The molecule has 0 unspecified atom stereocenters. The summed E-state index contributed by atoms with van der Waals surface area (Å²) >= 11 is 5.67. The molecule has 0 saturated carbocycles. The number of benzene rings is 2. The summed E-state index contributed by atoms with van der Waals surface area (Å²) in [5.41, 5.74) is 2.22. The molecule has 2 nitrogen and oxygen atoms in total. The van der Waals surface area contributed by atoms with Crippen molar-refractivity contribution in [1.82, 2.24) is 0 Å². The molecule has 4 heteroatoms. The highest BCUT2D eigenvalue weighted by Crippen LogP contribution is 2.23. The first kappa shape index (κ1) is 13.7. The van der Waals surface area contributed by atoms with Crippen LogP contribution in [0.1, 0.15) is 5.56 Å². The summed E-state index contributed by atoms with van der Waals surface area (Å²) in [4.78, 5) is 0. The number of para-hydroxylation sites is 1. The van der Waals surface area contributed by atoms with Gasteiger partial charge in [-0.15, -0.1) is 0 Å². The Balaban J connectivity index is 1.84. The van der Waals surface area contributed by atoms with Crippen molar-refractivity contribution < 1.29 is 9.13 Å². The first-order valence-corrected chi connectivity index (χ1v) is 6.42. The Morgan fingerprint density at radius 1 is 1.16 bits per heavy atom. The highest BCUT2D eigenvalue weighted by molar-refractivity contribution is 6.30. The largest absolute Gasteiger partial charge is 0.489 e. The van der Waals surface area contributed by atoms with E-state index in [0.29, 0.717) is 13.2 Å². The second kappa shape index (κ2) is 6.43. The molecule has 0 amide bonds. The summed E-state index contributed by atoms with van der Waals surface area (Å²) in [6.45, 7) is 2.99. The monoisotopic (exact) mass is 279 g/mol. The van der Waals surface area contributed by atoms with Gasteiger partial charge in [0.1, 0.15) is 6.61 Å². The molecule has 1 N–H and O–H groups in total. The first-order chi connectivity index (χ1) is 9.18. The third-order valence-electron chi connectivity index (χ3n) is 2.74. The Hall–Kier alpha value is -1.74. The Morgan fingerprint density at radius 2 is 1.95 bits per heavy atom. The van der Waals surface area contributed by atoms with Crippen LogP contribution in [-0.4, -0.2) is 13.2 Å². The van der Waals surface area contributed by atoms with E-state index in [4.69, 9.17) is 16.3 Å². The summed E-state index contributed by atoms with van der Waals surface area (Å²) in [5, 5.41) is 3.31. The Kier molecular flexibility index (Phi) is 4.63. The molecule has 19 heavy (non-hydrogen) atoms. The summed E-state index contributed by atoms with van der Waals surface area (Å²) in [6.07, 6.45) is 0. The van der Waals surface area contributed by atoms with E-state index in [9.17, 15) is 4.39 Å². The Morgan fingerprint density at radius 3 is 2.74 bits per heavy atom. The Bertz CT molecular complexity index is 560. The molecule has 0 saturated heterocycles. The predicted molar refractivity (Wildman–Crippen MR) is 76.6 cm³/mol. The summed E-state index contributed by atoms with van der Waals surface area (Å²) in [5.74, 6) is -0.334. The molecule has 0 heterocycles. The van der Waals surface area contributed by atoms with Crippen molar-refractivity contribution in [2.45, 2.75) is 6.92 Å². The number of aryl methyl sites for hydroxylation is 1. The number of nitrogens with one attached hydrogen (secondary N) is 1. The van der Waals surface area contributed by atoms with Gasteiger partial charge < -0.3 is 10.1 Å². The van der Waals surface area contributed by atoms with Gasteiger partial charge in [-0.1, -0.05) is 35.9 Å². The summed E-state index contributed by atoms with van der Waals surface area (Å²) in [6, 6.07) is 12.7. The maximum Gasteiger partial charge on any atom is 0.183 e. The third kappa shape index (κ3) is 3.61. The molecular formula is C15H15ClFNO. The topological polar surface area (TPSA) is 21.3 Å². The van der Waals surface area contributed by atoms with Crippen LogP contribution in [0.25, 0.3) is 0 Å². The molecule has 0 aliphatic carbocycles. The number of rotatable bonds is 5. The van der Waals surface area contributed by atoms with Crippen LogP contribution in [-0.2, 0) is 0 Å². The van der Waals surface area contributed by atoms with E-state index in [0.717, 1.165) is 11.3 Å². The molecule has 0 aliphatic heterocycles. The number of hydrogen-bond donors (Lipinski definition) is 1. The normalized spacial score (nSPS) is 10.3. The van der Waals surface area contributed by atoms with Gasteiger partial charge in [-0.25, -0.2) is 4.39 Å². The minimum Gasteiger partial charge on any atom is -0.489 e. The molecule has 2 rings (SSSR count). The first-order valence-electron chi connectivity index (χ1n) is 6.05. The summed E-state index contributed by atoms with van der Waals surface area (Å²) < 4.78 is 18.9. The van der Waals surface area contributed by atoms with Crippen LogP contribution in [0.4, 0.5) is 10.1 Å². The van der Waals surface area contributed by atoms with Gasteiger partial charge in [0.2, 0.25) is 0 Å². The van der Waals surface area contributed by atoms with Gasteiger partial charge >= 0.3 is 0 Å². The van der Waals surface area contributed by atoms with Crippen LogP contribution in [0.2, 0.25) is 5.02 Å². The van der Waals surface area contributed by atoms with Crippen LogP contribution in [0.15, 0.2) is 42.5 Å². The van der Waals surface area contributed by atoms with Gasteiger partial charge in [0, 0.05) is 12.2 Å². The third-order valence-corrected chi connectivity index (χ3v) is 3.03. The van der Waals surface area contributed by atoms with Crippen molar-refractivity contribution in [2.75, 3.05) is 18.5 Å². The molecule has 0 atom stereocenters. The van der Waals surface area contributed by atoms with Crippen LogP contribution in [0.5, 0.6) is 5.75 Å².